The third-order valence-corrected chi connectivity index (χ3v) is 0.480. The van der Waals surface area contributed by atoms with Crippen LogP contribution in [-0.4, -0.2) is 5.91 Å². The molecule has 0 aliphatic rings. The minimum atomic E-state index is -0.451. The number of allylic oxidation sites excluding steroid dienone is 1. The highest BCUT2D eigenvalue weighted by atomic mass is 32.1. The zero-order chi connectivity index (χ0) is 7.86. The van der Waals surface area contributed by atoms with Crippen LogP contribution in [0.1, 0.15) is 20.8 Å². The number of hydrogen-bond acceptors (Lipinski definition) is 2. The highest BCUT2D eigenvalue weighted by Gasteiger charge is 1.81. The van der Waals surface area contributed by atoms with Crippen LogP contribution in [0, 0.1) is 0 Å². The van der Waals surface area contributed by atoms with Crippen molar-refractivity contribution in [3.05, 3.63) is 11.0 Å². The van der Waals surface area contributed by atoms with Gasteiger partial charge in [-0.1, -0.05) is 13.8 Å². The van der Waals surface area contributed by atoms with Crippen molar-refractivity contribution < 1.29 is 4.79 Å². The van der Waals surface area contributed by atoms with Gasteiger partial charge in [0.15, 0.2) is 0 Å². The van der Waals surface area contributed by atoms with Gasteiger partial charge in [0.2, 0.25) is 5.91 Å². The summed E-state index contributed by atoms with van der Waals surface area (Å²) in [6, 6.07) is 0. The van der Waals surface area contributed by atoms with E-state index >= 15 is 0 Å². The lowest BCUT2D eigenvalue weighted by Gasteiger charge is -1.80. The Balaban J connectivity index is 0. The fourth-order valence-corrected chi connectivity index (χ4v) is 0.333. The van der Waals surface area contributed by atoms with Gasteiger partial charge in [0.05, 0.1) is 0 Å². The predicted octanol–water partition coefficient (Wildman–Crippen LogP) is 1.33. The summed E-state index contributed by atoms with van der Waals surface area (Å²) in [7, 11) is 0. The van der Waals surface area contributed by atoms with Crippen LogP contribution in [0.3, 0.4) is 0 Å². The van der Waals surface area contributed by atoms with Crippen LogP contribution in [0.4, 0.5) is 0 Å². The molecule has 0 unspecified atom stereocenters. The van der Waals surface area contributed by atoms with Crippen molar-refractivity contribution in [2.45, 2.75) is 20.8 Å². The molecule has 3 heteroatoms. The molecule has 1 amide bonds. The van der Waals surface area contributed by atoms with Gasteiger partial charge in [-0.25, -0.2) is 0 Å². The summed E-state index contributed by atoms with van der Waals surface area (Å²) in [5, 5.41) is 0. The molecule has 0 saturated carbocycles. The average molecular weight is 147 g/mol. The van der Waals surface area contributed by atoms with Gasteiger partial charge in [-0.3, -0.25) is 4.79 Å². The Morgan fingerprint density at radius 1 is 1.56 bits per heavy atom. The average Bonchev–Trinajstić information content (AvgIpc) is 1.68. The standard InChI is InChI=1S/C4H7NOS.C2H6/c1-3(7)2-4(5)6;1-2/h2,7H,1H3,(H2,5,6);1-2H3/b3-2-;. The highest BCUT2D eigenvalue weighted by Crippen LogP contribution is 1.93. The SMILES string of the molecule is C/C(S)=C/C(N)=O.CC. The van der Waals surface area contributed by atoms with E-state index in [9.17, 15) is 4.79 Å². The van der Waals surface area contributed by atoms with Crippen molar-refractivity contribution >= 4 is 18.5 Å². The molecule has 0 saturated heterocycles. The molecule has 2 N–H and O–H groups in total. The molecule has 0 radical (unpaired) electrons. The second-order valence-electron chi connectivity index (χ2n) is 1.19. The van der Waals surface area contributed by atoms with Crippen LogP contribution in [0.15, 0.2) is 11.0 Å². The zero-order valence-corrected chi connectivity index (χ0v) is 6.90. The number of carbonyl (C=O) groups is 1. The second-order valence-corrected chi connectivity index (χ2v) is 1.89. The fraction of sp³-hybridized carbons (Fsp3) is 0.500. The molecule has 54 valence electrons. The molecule has 0 aliphatic heterocycles. The largest absolute Gasteiger partial charge is 0.366 e. The van der Waals surface area contributed by atoms with Gasteiger partial charge in [0.25, 0.3) is 0 Å². The number of nitrogens with two attached hydrogens (primary N) is 1. The van der Waals surface area contributed by atoms with Crippen molar-refractivity contribution in [2.24, 2.45) is 5.73 Å². The van der Waals surface area contributed by atoms with E-state index in [1.54, 1.807) is 6.92 Å². The molecule has 0 atom stereocenters. The summed E-state index contributed by atoms with van der Waals surface area (Å²) < 4.78 is 0. The number of thiol groups is 1. The van der Waals surface area contributed by atoms with Gasteiger partial charge in [-0.2, -0.15) is 0 Å². The van der Waals surface area contributed by atoms with E-state index < -0.39 is 5.91 Å². The lowest BCUT2D eigenvalue weighted by molar-refractivity contribution is -0.113. The molecular weight excluding hydrogens is 134 g/mol. The van der Waals surface area contributed by atoms with Crippen LogP contribution in [0.5, 0.6) is 0 Å². The molecule has 0 aromatic carbocycles. The van der Waals surface area contributed by atoms with Crippen molar-refractivity contribution in [2.75, 3.05) is 0 Å². The van der Waals surface area contributed by atoms with E-state index in [0.717, 1.165) is 0 Å². The number of amides is 1. The zero-order valence-electron chi connectivity index (χ0n) is 6.01. The van der Waals surface area contributed by atoms with Crippen LogP contribution in [0.25, 0.3) is 0 Å². The van der Waals surface area contributed by atoms with Crippen LogP contribution < -0.4 is 5.73 Å². The summed E-state index contributed by atoms with van der Waals surface area (Å²) in [6.07, 6.45) is 1.25. The van der Waals surface area contributed by atoms with Gasteiger partial charge in [-0.15, -0.1) is 12.6 Å². The van der Waals surface area contributed by atoms with Gasteiger partial charge in [-0.05, 0) is 11.8 Å². The Morgan fingerprint density at radius 2 is 1.89 bits per heavy atom. The predicted molar refractivity (Wildman–Crippen MR) is 43.3 cm³/mol. The first-order valence-electron chi connectivity index (χ1n) is 2.79. The Labute approximate surface area is 61.5 Å². The molecule has 0 heterocycles. The number of hydrogen-bond donors (Lipinski definition) is 2. The van der Waals surface area contributed by atoms with Gasteiger partial charge in [0, 0.05) is 6.08 Å². The summed E-state index contributed by atoms with van der Waals surface area (Å²) >= 11 is 3.80. The van der Waals surface area contributed by atoms with Crippen molar-refractivity contribution in [3.8, 4) is 0 Å². The molecule has 0 aromatic rings. The monoisotopic (exact) mass is 147 g/mol. The maximum atomic E-state index is 9.91. The Hall–Kier alpha value is -0.440. The third-order valence-electron chi connectivity index (χ3n) is 0.351. The minimum absolute atomic E-state index is 0.451. The van der Waals surface area contributed by atoms with E-state index in [1.807, 2.05) is 13.8 Å². The molecule has 0 aliphatic carbocycles. The first-order valence-corrected chi connectivity index (χ1v) is 3.24. The topological polar surface area (TPSA) is 43.1 Å². The Morgan fingerprint density at radius 3 is 1.89 bits per heavy atom. The fourth-order valence-electron chi connectivity index (χ4n) is 0.206. The maximum absolute atomic E-state index is 9.91. The van der Waals surface area contributed by atoms with Gasteiger partial charge < -0.3 is 5.73 Å². The van der Waals surface area contributed by atoms with E-state index in [-0.39, 0.29) is 0 Å². The summed E-state index contributed by atoms with van der Waals surface area (Å²) in [4.78, 5) is 10.5. The molecule has 0 fully saturated rings. The van der Waals surface area contributed by atoms with E-state index in [0.29, 0.717) is 4.91 Å². The number of rotatable bonds is 1. The number of carbonyl (C=O) groups excluding carboxylic acids is 1. The first-order chi connectivity index (χ1) is 4.13. The first kappa shape index (κ1) is 11.4. The van der Waals surface area contributed by atoms with Crippen LogP contribution in [-0.2, 0) is 4.79 Å². The molecule has 0 rings (SSSR count). The van der Waals surface area contributed by atoms with Crippen molar-refractivity contribution in [3.63, 3.8) is 0 Å². The summed E-state index contributed by atoms with van der Waals surface area (Å²) in [5.41, 5.74) is 4.73. The maximum Gasteiger partial charge on any atom is 0.242 e. The minimum Gasteiger partial charge on any atom is -0.366 e. The molecule has 0 aromatic heterocycles. The number of primary amides is 1. The third kappa shape index (κ3) is 18.4. The Bertz CT molecular complexity index is 106. The van der Waals surface area contributed by atoms with E-state index in [4.69, 9.17) is 5.73 Å². The van der Waals surface area contributed by atoms with Crippen molar-refractivity contribution in [1.82, 2.24) is 0 Å². The Kier molecular flexibility index (Phi) is 9.55. The lowest BCUT2D eigenvalue weighted by atomic mass is 10.5. The van der Waals surface area contributed by atoms with Gasteiger partial charge >= 0.3 is 0 Å². The summed E-state index contributed by atoms with van der Waals surface area (Å²) in [6.45, 7) is 5.69. The van der Waals surface area contributed by atoms with Crippen molar-refractivity contribution in [1.29, 1.82) is 0 Å². The molecule has 9 heavy (non-hydrogen) atoms. The molecular formula is C6H13NOS. The van der Waals surface area contributed by atoms with Crippen LogP contribution in [0.2, 0.25) is 0 Å². The normalized spacial score (nSPS) is 9.56. The van der Waals surface area contributed by atoms with E-state index in [2.05, 4.69) is 12.6 Å². The second kappa shape index (κ2) is 7.56. The lowest BCUT2D eigenvalue weighted by Crippen LogP contribution is -2.05. The van der Waals surface area contributed by atoms with Crippen LogP contribution >= 0.6 is 12.6 Å². The highest BCUT2D eigenvalue weighted by molar-refractivity contribution is 7.84. The molecule has 2 nitrogen and oxygen atoms in total. The van der Waals surface area contributed by atoms with Gasteiger partial charge in [0.1, 0.15) is 0 Å². The summed E-state index contributed by atoms with van der Waals surface area (Å²) in [5.74, 6) is -0.451. The van der Waals surface area contributed by atoms with E-state index in [1.165, 1.54) is 6.08 Å². The smallest absolute Gasteiger partial charge is 0.242 e. The quantitative estimate of drug-likeness (QED) is 0.426. The molecule has 0 spiro atoms. The molecule has 0 bridgehead atoms.